The van der Waals surface area contributed by atoms with E-state index in [9.17, 15) is 61.5 Å². The molecule has 0 aromatic carbocycles. The molecule has 0 aliphatic carbocycles. The van der Waals surface area contributed by atoms with Crippen LogP contribution in [0.3, 0.4) is 0 Å². The lowest BCUT2D eigenvalue weighted by Gasteiger charge is -2.52. The monoisotopic (exact) mass is 366 g/mol. The Morgan fingerprint density at radius 1 is 0.409 bits per heavy atom. The summed E-state index contributed by atoms with van der Waals surface area (Å²) in [4.78, 5) is -7.82. The molecule has 0 amide bonds. The van der Waals surface area contributed by atoms with E-state index < -0.39 is 46.6 Å². The van der Waals surface area contributed by atoms with Gasteiger partial charge in [-0.15, -0.1) is 0 Å². The number of piperazine rings is 1. The van der Waals surface area contributed by atoms with E-state index in [0.29, 0.717) is 0 Å². The summed E-state index contributed by atoms with van der Waals surface area (Å²) in [7, 11) is 0. The number of hydrogen-bond acceptors (Lipinski definition) is 2. The van der Waals surface area contributed by atoms with Gasteiger partial charge in [-0.25, -0.2) is 0 Å². The molecule has 0 bridgehead atoms. The van der Waals surface area contributed by atoms with Gasteiger partial charge >= 0.3 is 36.8 Å². The highest BCUT2D eigenvalue weighted by Gasteiger charge is 2.92. The van der Waals surface area contributed by atoms with Gasteiger partial charge in [-0.3, -0.25) is 0 Å². The van der Waals surface area contributed by atoms with Crippen LogP contribution in [0, 0.1) is 0 Å². The predicted octanol–water partition coefficient (Wildman–Crippen LogP) is 4.01. The second-order valence-electron chi connectivity index (χ2n) is 3.77. The van der Waals surface area contributed by atoms with Gasteiger partial charge in [0.25, 0.3) is 0 Å². The highest BCUT2D eigenvalue weighted by atomic mass is 19.4. The van der Waals surface area contributed by atoms with E-state index in [1.54, 1.807) is 0 Å². The maximum Gasteiger partial charge on any atom is 0.469 e. The normalized spacial score (nSPS) is 28.6. The van der Waals surface area contributed by atoms with E-state index in [0.717, 1.165) is 0 Å². The Bertz CT molecular complexity index is 375. The van der Waals surface area contributed by atoms with E-state index in [1.807, 2.05) is 0 Å². The summed E-state index contributed by atoms with van der Waals surface area (Å²) in [5.74, 6) is 0. The van der Waals surface area contributed by atoms with Gasteiger partial charge in [0.2, 0.25) is 0 Å². The van der Waals surface area contributed by atoms with Crippen molar-refractivity contribution in [3.8, 4) is 0 Å². The van der Waals surface area contributed by atoms with Crippen molar-refractivity contribution < 1.29 is 61.5 Å². The third-order valence-electron chi connectivity index (χ3n) is 2.35. The summed E-state index contributed by atoms with van der Waals surface area (Å²) in [6.07, 6.45) is -14.4. The zero-order chi connectivity index (χ0) is 18.2. The minimum atomic E-state index is -7.36. The third kappa shape index (κ3) is 2.17. The first-order valence-corrected chi connectivity index (χ1v) is 4.49. The molecule has 132 valence electrons. The second kappa shape index (κ2) is 4.27. The standard InChI is InChI=1S/C6F14N2/c7-1(8)2(9,10)22(6(18,19)20)4(13,14)3(11,12)21(1)5(15,16)17. The smallest absolute Gasteiger partial charge is 0.179 e. The number of halogens is 14. The summed E-state index contributed by atoms with van der Waals surface area (Å²) >= 11 is 0. The predicted molar refractivity (Wildman–Crippen MR) is 35.6 cm³/mol. The summed E-state index contributed by atoms with van der Waals surface area (Å²) in [5, 5.41) is 0. The first kappa shape index (κ1) is 19.0. The van der Waals surface area contributed by atoms with Crippen LogP contribution in [0.1, 0.15) is 0 Å². The highest BCUT2D eigenvalue weighted by Crippen LogP contribution is 2.62. The molecule has 1 aliphatic rings. The Kier molecular flexibility index (Phi) is 3.68. The first-order chi connectivity index (χ1) is 9.23. The minimum absolute atomic E-state index is 3.91. The molecular formula is C6F14N2. The fourth-order valence-electron chi connectivity index (χ4n) is 1.53. The lowest BCUT2D eigenvalue weighted by atomic mass is 10.2. The molecule has 0 atom stereocenters. The van der Waals surface area contributed by atoms with Crippen LogP contribution in [-0.2, 0) is 0 Å². The fraction of sp³-hybridized carbons (Fsp3) is 1.00. The topological polar surface area (TPSA) is 6.48 Å². The van der Waals surface area contributed by atoms with Crippen LogP contribution in [0.2, 0.25) is 0 Å². The third-order valence-corrected chi connectivity index (χ3v) is 2.35. The van der Waals surface area contributed by atoms with Crippen LogP contribution in [0.4, 0.5) is 61.5 Å². The van der Waals surface area contributed by atoms with Gasteiger partial charge in [-0.1, -0.05) is 9.80 Å². The molecule has 1 rings (SSSR count). The lowest BCUT2D eigenvalue weighted by Crippen LogP contribution is -2.84. The number of nitrogens with zero attached hydrogens (tertiary/aromatic N) is 2. The maximum absolute atomic E-state index is 12.9. The zero-order valence-corrected chi connectivity index (χ0v) is 9.19. The van der Waals surface area contributed by atoms with Gasteiger partial charge in [0.1, 0.15) is 0 Å². The molecule has 1 aliphatic heterocycles. The average molecular weight is 366 g/mol. The van der Waals surface area contributed by atoms with E-state index >= 15 is 0 Å². The van der Waals surface area contributed by atoms with Gasteiger partial charge in [-0.2, -0.15) is 61.5 Å². The van der Waals surface area contributed by atoms with Crippen molar-refractivity contribution in [2.45, 2.75) is 36.8 Å². The summed E-state index contributed by atoms with van der Waals surface area (Å²) in [6, 6.07) is -29.4. The molecule has 22 heavy (non-hydrogen) atoms. The summed E-state index contributed by atoms with van der Waals surface area (Å²) in [6.45, 7) is 0. The van der Waals surface area contributed by atoms with Crippen molar-refractivity contribution in [2.75, 3.05) is 0 Å². The largest absolute Gasteiger partial charge is 0.469 e. The van der Waals surface area contributed by atoms with Gasteiger partial charge in [-0.05, 0) is 0 Å². The second-order valence-corrected chi connectivity index (χ2v) is 3.77. The van der Waals surface area contributed by atoms with Gasteiger partial charge in [0.05, 0.1) is 0 Å². The van der Waals surface area contributed by atoms with Crippen LogP contribution < -0.4 is 0 Å². The van der Waals surface area contributed by atoms with Crippen molar-refractivity contribution in [1.82, 2.24) is 9.80 Å². The molecule has 0 aromatic heterocycles. The van der Waals surface area contributed by atoms with Crippen LogP contribution in [0.15, 0.2) is 0 Å². The molecule has 0 spiro atoms. The number of hydrogen-bond donors (Lipinski definition) is 0. The van der Waals surface area contributed by atoms with Crippen molar-refractivity contribution in [1.29, 1.82) is 0 Å². The Morgan fingerprint density at radius 3 is 0.636 bits per heavy atom. The van der Waals surface area contributed by atoms with Crippen LogP contribution in [0.5, 0.6) is 0 Å². The molecule has 0 radical (unpaired) electrons. The van der Waals surface area contributed by atoms with E-state index in [2.05, 4.69) is 0 Å². The highest BCUT2D eigenvalue weighted by molar-refractivity contribution is 5.04. The quantitative estimate of drug-likeness (QED) is 0.472. The molecule has 0 N–H and O–H groups in total. The molecule has 0 saturated carbocycles. The Morgan fingerprint density at radius 2 is 0.545 bits per heavy atom. The fourth-order valence-corrected chi connectivity index (χ4v) is 1.53. The number of rotatable bonds is 0. The van der Waals surface area contributed by atoms with E-state index in [-0.39, 0.29) is 0 Å². The maximum atomic E-state index is 12.9. The van der Waals surface area contributed by atoms with Crippen LogP contribution >= 0.6 is 0 Å². The number of alkyl halides is 14. The molecular weight excluding hydrogens is 366 g/mol. The summed E-state index contributed by atoms with van der Waals surface area (Å²) < 4.78 is 175. The van der Waals surface area contributed by atoms with Crippen molar-refractivity contribution in [2.24, 2.45) is 0 Å². The molecule has 1 heterocycles. The molecule has 1 saturated heterocycles. The molecule has 1 fully saturated rings. The zero-order valence-electron chi connectivity index (χ0n) is 9.19. The average Bonchev–Trinajstić information content (AvgIpc) is 2.06. The van der Waals surface area contributed by atoms with Crippen molar-refractivity contribution >= 4 is 0 Å². The van der Waals surface area contributed by atoms with Crippen LogP contribution in [-0.4, -0.2) is 46.6 Å². The van der Waals surface area contributed by atoms with E-state index in [1.165, 1.54) is 0 Å². The lowest BCUT2D eigenvalue weighted by molar-refractivity contribution is -0.580. The first-order valence-electron chi connectivity index (χ1n) is 4.49. The molecule has 16 heteroatoms. The van der Waals surface area contributed by atoms with Gasteiger partial charge in [0, 0.05) is 0 Å². The minimum Gasteiger partial charge on any atom is -0.179 e. The van der Waals surface area contributed by atoms with Crippen molar-refractivity contribution in [3.05, 3.63) is 0 Å². The Labute approximate surface area is 109 Å². The van der Waals surface area contributed by atoms with Gasteiger partial charge in [0.15, 0.2) is 0 Å². The molecule has 0 unspecified atom stereocenters. The van der Waals surface area contributed by atoms with Gasteiger partial charge < -0.3 is 0 Å². The Hall–Kier alpha value is -1.06. The van der Waals surface area contributed by atoms with E-state index in [4.69, 9.17) is 0 Å². The molecule has 0 aromatic rings. The summed E-state index contributed by atoms with van der Waals surface area (Å²) in [5.41, 5.74) is 0. The van der Waals surface area contributed by atoms with Crippen molar-refractivity contribution in [3.63, 3.8) is 0 Å². The Balaban J connectivity index is 3.77. The molecule has 2 nitrogen and oxygen atoms in total. The van der Waals surface area contributed by atoms with Crippen LogP contribution in [0.25, 0.3) is 0 Å². The SMILES string of the molecule is FC(F)(F)N1C(F)(F)C(F)(F)N(C(F)(F)F)C(F)(F)C1(F)F.